The Balaban J connectivity index is 1.29. The van der Waals surface area contributed by atoms with Gasteiger partial charge in [0, 0.05) is 54.1 Å². The fourth-order valence-electron chi connectivity index (χ4n) is 5.62. The third-order valence-electron chi connectivity index (χ3n) is 7.43. The number of piperazine rings is 1. The molecule has 2 unspecified atom stereocenters. The second-order valence-electron chi connectivity index (χ2n) is 9.57. The van der Waals surface area contributed by atoms with Crippen molar-refractivity contribution in [3.8, 4) is 11.3 Å². The average Bonchev–Trinajstić information content (AvgIpc) is 3.33. The van der Waals surface area contributed by atoms with Crippen LogP contribution >= 0.6 is 11.6 Å². The van der Waals surface area contributed by atoms with Crippen molar-refractivity contribution < 1.29 is 9.18 Å². The van der Waals surface area contributed by atoms with Crippen LogP contribution in [-0.4, -0.2) is 50.3 Å². The van der Waals surface area contributed by atoms with E-state index in [4.69, 9.17) is 16.6 Å². The highest BCUT2D eigenvalue weighted by atomic mass is 35.5. The molecule has 2 fully saturated rings. The van der Waals surface area contributed by atoms with Crippen molar-refractivity contribution in [2.45, 2.75) is 38.4 Å². The van der Waals surface area contributed by atoms with Crippen molar-refractivity contribution in [2.75, 3.05) is 13.1 Å². The summed E-state index contributed by atoms with van der Waals surface area (Å²) in [5.74, 6) is -0.446. The van der Waals surface area contributed by atoms with E-state index in [0.717, 1.165) is 47.5 Å². The normalized spacial score (nSPS) is 20.0. The fourth-order valence-corrected chi connectivity index (χ4v) is 5.74. The van der Waals surface area contributed by atoms with Crippen molar-refractivity contribution >= 4 is 23.2 Å². The van der Waals surface area contributed by atoms with Crippen molar-refractivity contribution in [1.29, 1.82) is 0 Å². The highest BCUT2D eigenvalue weighted by Crippen LogP contribution is 2.35. The number of hydrogen-bond donors (Lipinski definition) is 0. The Bertz CT molecular complexity index is 1400. The summed E-state index contributed by atoms with van der Waals surface area (Å²) in [5, 5.41) is 0.700. The number of rotatable bonds is 4. The quantitative estimate of drug-likeness (QED) is 0.376. The first-order valence-electron chi connectivity index (χ1n) is 12.0. The lowest BCUT2D eigenvalue weighted by molar-refractivity contribution is 0.0418. The molecule has 2 atom stereocenters. The molecule has 0 spiro atoms. The summed E-state index contributed by atoms with van der Waals surface area (Å²) in [7, 11) is 0. The van der Waals surface area contributed by atoms with Gasteiger partial charge in [0.25, 0.3) is 5.91 Å². The van der Waals surface area contributed by atoms with Gasteiger partial charge in [-0.2, -0.15) is 0 Å². The van der Waals surface area contributed by atoms with E-state index in [1.165, 1.54) is 12.1 Å². The Labute approximate surface area is 208 Å². The van der Waals surface area contributed by atoms with Gasteiger partial charge in [0.2, 0.25) is 0 Å². The largest absolute Gasteiger partial charge is 0.335 e. The first-order valence-corrected chi connectivity index (χ1v) is 12.4. The summed E-state index contributed by atoms with van der Waals surface area (Å²) >= 11 is 6.13. The zero-order valence-electron chi connectivity index (χ0n) is 19.5. The number of aromatic nitrogens is 2. The minimum atomic E-state index is -0.372. The number of carbonyl (C=O) groups excluding carboxylic acids is 1. The zero-order chi connectivity index (χ0) is 24.1. The fraction of sp³-hybridized carbons (Fsp3) is 0.286. The third-order valence-corrected chi connectivity index (χ3v) is 7.68. The number of likely N-dealkylation sites (tertiary alicyclic amines) is 1. The lowest BCUT2D eigenvalue weighted by Gasteiger charge is -2.41. The van der Waals surface area contributed by atoms with E-state index in [9.17, 15) is 9.18 Å². The van der Waals surface area contributed by atoms with Crippen LogP contribution in [0.15, 0.2) is 66.9 Å². The van der Waals surface area contributed by atoms with Crippen molar-refractivity contribution in [2.24, 2.45) is 0 Å². The standard InChI is InChI=1S/C28H26ClFN4O/c1-18-5-10-21(30)14-24(18)28(35)32-15-22-11-12-23(16-32)34(22)17-25-27(19-6-8-20(29)9-7-19)31-26-4-2-3-13-33(25)26/h2-10,13-14,22-23H,11-12,15-17H2,1H3. The maximum Gasteiger partial charge on any atom is 0.254 e. The molecule has 6 rings (SSSR count). The molecule has 0 saturated carbocycles. The van der Waals surface area contributed by atoms with E-state index in [-0.39, 0.29) is 23.8 Å². The van der Waals surface area contributed by atoms with Crippen LogP contribution in [0.2, 0.25) is 5.02 Å². The summed E-state index contributed by atoms with van der Waals surface area (Å²) < 4.78 is 16.0. The average molecular weight is 489 g/mol. The molecule has 2 aromatic heterocycles. The third kappa shape index (κ3) is 4.01. The molecule has 0 radical (unpaired) electrons. The van der Waals surface area contributed by atoms with Crippen LogP contribution < -0.4 is 0 Å². The number of pyridine rings is 1. The number of benzene rings is 2. The zero-order valence-corrected chi connectivity index (χ0v) is 20.3. The first-order chi connectivity index (χ1) is 17.0. The molecule has 1 amide bonds. The molecule has 7 heteroatoms. The number of fused-ring (bicyclic) bond motifs is 3. The molecular weight excluding hydrogens is 463 g/mol. The molecule has 4 aromatic rings. The topological polar surface area (TPSA) is 40.9 Å². The van der Waals surface area contributed by atoms with Crippen LogP contribution in [0.1, 0.15) is 34.5 Å². The molecule has 2 bridgehead atoms. The van der Waals surface area contributed by atoms with Crippen molar-refractivity contribution in [1.82, 2.24) is 19.2 Å². The van der Waals surface area contributed by atoms with E-state index in [2.05, 4.69) is 15.5 Å². The number of imidazole rings is 1. The molecule has 5 nitrogen and oxygen atoms in total. The van der Waals surface area contributed by atoms with Gasteiger partial charge >= 0.3 is 0 Å². The molecule has 2 aromatic carbocycles. The second-order valence-corrected chi connectivity index (χ2v) is 10.0. The van der Waals surface area contributed by atoms with E-state index in [0.29, 0.717) is 23.7 Å². The van der Waals surface area contributed by atoms with Gasteiger partial charge in [-0.25, -0.2) is 9.37 Å². The summed E-state index contributed by atoms with van der Waals surface area (Å²) in [4.78, 5) is 22.7. The molecule has 0 N–H and O–H groups in total. The molecule has 2 aliphatic rings. The van der Waals surface area contributed by atoms with Gasteiger partial charge in [0.15, 0.2) is 0 Å². The molecule has 178 valence electrons. The summed E-state index contributed by atoms with van der Waals surface area (Å²) in [6, 6.07) is 18.8. The number of nitrogens with zero attached hydrogens (tertiary/aromatic N) is 4. The molecule has 4 heterocycles. The Morgan fingerprint density at radius 2 is 1.80 bits per heavy atom. The molecule has 35 heavy (non-hydrogen) atoms. The van der Waals surface area contributed by atoms with Crippen molar-refractivity contribution in [3.63, 3.8) is 0 Å². The second kappa shape index (κ2) is 8.77. The maximum atomic E-state index is 13.8. The van der Waals surface area contributed by atoms with Gasteiger partial charge in [-0.15, -0.1) is 0 Å². The minimum Gasteiger partial charge on any atom is -0.335 e. The van der Waals surface area contributed by atoms with Crippen LogP contribution in [0.4, 0.5) is 4.39 Å². The molecule has 2 saturated heterocycles. The van der Waals surface area contributed by atoms with Gasteiger partial charge in [-0.05, 0) is 61.7 Å². The van der Waals surface area contributed by atoms with Gasteiger partial charge in [0.1, 0.15) is 11.5 Å². The number of hydrogen-bond acceptors (Lipinski definition) is 3. The van der Waals surface area contributed by atoms with E-state index < -0.39 is 0 Å². The highest BCUT2D eigenvalue weighted by Gasteiger charge is 2.42. The van der Waals surface area contributed by atoms with Crippen LogP contribution in [0, 0.1) is 12.7 Å². The van der Waals surface area contributed by atoms with Crippen molar-refractivity contribution in [3.05, 3.63) is 94.5 Å². The predicted molar refractivity (Wildman–Crippen MR) is 135 cm³/mol. The van der Waals surface area contributed by atoms with E-state index >= 15 is 0 Å². The highest BCUT2D eigenvalue weighted by molar-refractivity contribution is 6.30. The number of aryl methyl sites for hydroxylation is 1. The van der Waals surface area contributed by atoms with E-state index in [1.54, 1.807) is 6.07 Å². The number of halogens is 2. The summed E-state index contributed by atoms with van der Waals surface area (Å²) in [6.45, 7) is 3.91. The predicted octanol–water partition coefficient (Wildman–Crippen LogP) is 5.59. The first kappa shape index (κ1) is 22.3. The lowest BCUT2D eigenvalue weighted by atomic mass is 10.0. The Hall–Kier alpha value is -3.22. The monoisotopic (exact) mass is 488 g/mol. The van der Waals surface area contributed by atoms with Gasteiger partial charge in [0.05, 0.1) is 11.4 Å². The van der Waals surface area contributed by atoms with Gasteiger partial charge in [-0.3, -0.25) is 9.69 Å². The minimum absolute atomic E-state index is 0.0739. The summed E-state index contributed by atoms with van der Waals surface area (Å²) in [5.41, 5.74) is 5.32. The Morgan fingerprint density at radius 1 is 1.06 bits per heavy atom. The van der Waals surface area contributed by atoms with Crippen LogP contribution in [0.25, 0.3) is 16.9 Å². The molecule has 0 aliphatic carbocycles. The molecular formula is C28H26ClFN4O. The van der Waals surface area contributed by atoms with Crippen LogP contribution in [0.5, 0.6) is 0 Å². The van der Waals surface area contributed by atoms with Gasteiger partial charge < -0.3 is 9.30 Å². The Kier molecular flexibility index (Phi) is 5.58. The lowest BCUT2D eigenvalue weighted by Crippen LogP contribution is -2.55. The van der Waals surface area contributed by atoms with E-state index in [1.807, 2.05) is 54.3 Å². The number of amides is 1. The molecule has 2 aliphatic heterocycles. The Morgan fingerprint density at radius 3 is 2.54 bits per heavy atom. The van der Waals surface area contributed by atoms with Crippen LogP contribution in [-0.2, 0) is 6.54 Å². The smallest absolute Gasteiger partial charge is 0.254 e. The van der Waals surface area contributed by atoms with Crippen LogP contribution in [0.3, 0.4) is 0 Å². The number of carbonyl (C=O) groups is 1. The summed E-state index contributed by atoms with van der Waals surface area (Å²) in [6.07, 6.45) is 4.15. The maximum absolute atomic E-state index is 13.8. The van der Waals surface area contributed by atoms with Gasteiger partial charge in [-0.1, -0.05) is 35.9 Å². The SMILES string of the molecule is Cc1ccc(F)cc1C(=O)N1CC2CCC(C1)N2Cc1c(-c2ccc(Cl)cc2)nc2ccccn12.